The first-order chi connectivity index (χ1) is 10.0. The summed E-state index contributed by atoms with van der Waals surface area (Å²) >= 11 is 0. The Morgan fingerprint density at radius 3 is 2.48 bits per heavy atom. The molecule has 1 aliphatic rings. The average Bonchev–Trinajstić information content (AvgIpc) is 2.85. The van der Waals surface area contributed by atoms with Crippen LogP contribution in [0.4, 0.5) is 14.6 Å². The van der Waals surface area contributed by atoms with Gasteiger partial charge in [-0.3, -0.25) is 0 Å². The van der Waals surface area contributed by atoms with Crippen molar-refractivity contribution in [2.24, 2.45) is 0 Å². The van der Waals surface area contributed by atoms with Gasteiger partial charge in [0.2, 0.25) is 0 Å². The van der Waals surface area contributed by atoms with Crippen molar-refractivity contribution in [2.75, 3.05) is 32.2 Å². The van der Waals surface area contributed by atoms with Crippen molar-refractivity contribution in [2.45, 2.75) is 12.3 Å². The molecule has 1 saturated heterocycles. The number of nitrogens with zero attached hydrogens (tertiary/aromatic N) is 3. The minimum Gasteiger partial charge on any atom is -0.493 e. The van der Waals surface area contributed by atoms with Crippen molar-refractivity contribution < 1.29 is 18.3 Å². The van der Waals surface area contributed by atoms with Crippen molar-refractivity contribution in [3.8, 4) is 11.5 Å². The van der Waals surface area contributed by atoms with Gasteiger partial charge in [-0.2, -0.15) is 0 Å². The van der Waals surface area contributed by atoms with E-state index in [1.54, 1.807) is 17.0 Å². The van der Waals surface area contributed by atoms with Crippen molar-refractivity contribution in [1.29, 1.82) is 0 Å². The predicted octanol–water partition coefficient (Wildman–Crippen LogP) is 2.49. The summed E-state index contributed by atoms with van der Waals surface area (Å²) in [6.45, 7) is -0.0546. The first kappa shape index (κ1) is 13.8. The summed E-state index contributed by atoms with van der Waals surface area (Å²) in [5.41, 5.74) is 0.632. The maximum Gasteiger partial charge on any atom is 0.266 e. The van der Waals surface area contributed by atoms with Crippen LogP contribution in [0.15, 0.2) is 18.5 Å². The van der Waals surface area contributed by atoms with Crippen LogP contribution in [-0.4, -0.2) is 43.2 Å². The molecule has 0 saturated carbocycles. The summed E-state index contributed by atoms with van der Waals surface area (Å²) in [4.78, 5) is 9.92. The van der Waals surface area contributed by atoms with Gasteiger partial charge in [-0.1, -0.05) is 0 Å². The number of benzene rings is 1. The number of rotatable bonds is 3. The lowest BCUT2D eigenvalue weighted by molar-refractivity contribution is 0.0257. The fourth-order valence-electron chi connectivity index (χ4n) is 2.54. The number of anilines is 1. The van der Waals surface area contributed by atoms with Crippen LogP contribution in [0.1, 0.15) is 6.42 Å². The smallest absolute Gasteiger partial charge is 0.266 e. The highest BCUT2D eigenvalue weighted by molar-refractivity contribution is 5.92. The Balaban J connectivity index is 2.11. The lowest BCUT2D eigenvalue weighted by Gasteiger charge is -2.19. The minimum absolute atomic E-state index is 0.161. The first-order valence-electron chi connectivity index (χ1n) is 6.53. The molecule has 7 heteroatoms. The highest BCUT2D eigenvalue weighted by Crippen LogP contribution is 2.37. The number of alkyl halides is 2. The molecule has 1 aliphatic heterocycles. The molecule has 0 unspecified atom stereocenters. The summed E-state index contributed by atoms with van der Waals surface area (Å²) in [5.74, 6) is -1.11. The fraction of sp³-hybridized carbons (Fsp3) is 0.429. The van der Waals surface area contributed by atoms with E-state index in [1.165, 1.54) is 20.5 Å². The zero-order valence-electron chi connectivity index (χ0n) is 11.8. The lowest BCUT2D eigenvalue weighted by Crippen LogP contribution is -2.25. The van der Waals surface area contributed by atoms with Gasteiger partial charge in [0.15, 0.2) is 11.5 Å². The van der Waals surface area contributed by atoms with Crippen molar-refractivity contribution in [3.05, 3.63) is 18.5 Å². The van der Waals surface area contributed by atoms with Gasteiger partial charge in [0.1, 0.15) is 12.1 Å². The van der Waals surface area contributed by atoms with E-state index < -0.39 is 5.92 Å². The molecule has 0 spiro atoms. The molecule has 1 aromatic heterocycles. The van der Waals surface area contributed by atoms with Crippen LogP contribution in [0.2, 0.25) is 0 Å². The third-order valence-corrected chi connectivity index (χ3v) is 3.59. The van der Waals surface area contributed by atoms with Crippen molar-refractivity contribution in [3.63, 3.8) is 0 Å². The topological polar surface area (TPSA) is 47.5 Å². The molecule has 5 nitrogen and oxygen atoms in total. The van der Waals surface area contributed by atoms with Gasteiger partial charge in [-0.25, -0.2) is 18.7 Å². The Bertz CT molecular complexity index is 679. The number of halogens is 2. The highest BCUT2D eigenvalue weighted by Gasteiger charge is 2.39. The van der Waals surface area contributed by atoms with E-state index in [-0.39, 0.29) is 19.5 Å². The zero-order valence-corrected chi connectivity index (χ0v) is 11.8. The van der Waals surface area contributed by atoms with E-state index in [0.29, 0.717) is 28.2 Å². The van der Waals surface area contributed by atoms with Crippen LogP contribution >= 0.6 is 0 Å². The summed E-state index contributed by atoms with van der Waals surface area (Å²) < 4.78 is 37.3. The molecule has 21 heavy (non-hydrogen) atoms. The molecule has 0 radical (unpaired) electrons. The van der Waals surface area contributed by atoms with Crippen LogP contribution in [-0.2, 0) is 0 Å². The molecule has 0 aliphatic carbocycles. The van der Waals surface area contributed by atoms with Crippen LogP contribution < -0.4 is 14.4 Å². The molecule has 1 fully saturated rings. The van der Waals surface area contributed by atoms with E-state index >= 15 is 0 Å². The molecule has 3 rings (SSSR count). The van der Waals surface area contributed by atoms with E-state index in [9.17, 15) is 8.78 Å². The normalized spacial score (nSPS) is 17.2. The number of aromatic nitrogens is 2. The molecule has 0 bridgehead atoms. The second-order valence-electron chi connectivity index (χ2n) is 4.95. The number of methoxy groups -OCH3 is 2. The van der Waals surface area contributed by atoms with E-state index in [0.717, 1.165) is 0 Å². The molecule has 2 aromatic rings. The summed E-state index contributed by atoms with van der Waals surface area (Å²) in [6, 6.07) is 3.44. The van der Waals surface area contributed by atoms with Gasteiger partial charge in [0.05, 0.1) is 26.3 Å². The summed E-state index contributed by atoms with van der Waals surface area (Å²) in [7, 11) is 3.06. The zero-order chi connectivity index (χ0) is 15.0. The molecule has 112 valence electrons. The predicted molar refractivity (Wildman–Crippen MR) is 74.4 cm³/mol. The Morgan fingerprint density at radius 2 is 1.86 bits per heavy atom. The molecular formula is C14H15F2N3O2. The Kier molecular flexibility index (Phi) is 3.27. The third kappa shape index (κ3) is 2.43. The molecular weight excluding hydrogens is 280 g/mol. The third-order valence-electron chi connectivity index (χ3n) is 3.59. The standard InChI is InChI=1S/C14H15F2N3O2/c1-20-11-5-9-10(6-12(11)21-2)17-8-18-13(9)19-4-3-14(15,16)7-19/h5-6,8H,3-4,7H2,1-2H3. The number of fused-ring (bicyclic) bond motifs is 1. The maximum absolute atomic E-state index is 13.4. The Hall–Kier alpha value is -2.18. The molecule has 2 heterocycles. The van der Waals surface area contributed by atoms with Crippen LogP contribution in [0.5, 0.6) is 11.5 Å². The van der Waals surface area contributed by atoms with Gasteiger partial charge >= 0.3 is 0 Å². The molecule has 0 amide bonds. The fourth-order valence-corrected chi connectivity index (χ4v) is 2.54. The van der Waals surface area contributed by atoms with Gasteiger partial charge in [-0.05, 0) is 6.07 Å². The molecule has 0 atom stereocenters. The van der Waals surface area contributed by atoms with Crippen LogP contribution in [0.25, 0.3) is 10.9 Å². The number of ether oxygens (including phenoxy) is 2. The monoisotopic (exact) mass is 295 g/mol. The first-order valence-corrected chi connectivity index (χ1v) is 6.53. The van der Waals surface area contributed by atoms with Gasteiger partial charge < -0.3 is 14.4 Å². The van der Waals surface area contributed by atoms with Gasteiger partial charge in [-0.15, -0.1) is 0 Å². The number of hydrogen-bond acceptors (Lipinski definition) is 5. The van der Waals surface area contributed by atoms with E-state index in [2.05, 4.69) is 9.97 Å². The van der Waals surface area contributed by atoms with Crippen molar-refractivity contribution >= 4 is 16.7 Å². The van der Waals surface area contributed by atoms with Gasteiger partial charge in [0.25, 0.3) is 5.92 Å². The van der Waals surface area contributed by atoms with Crippen molar-refractivity contribution in [1.82, 2.24) is 9.97 Å². The second-order valence-corrected chi connectivity index (χ2v) is 4.95. The molecule has 0 N–H and O–H groups in total. The van der Waals surface area contributed by atoms with E-state index in [1.807, 2.05) is 0 Å². The second kappa shape index (κ2) is 4.98. The number of hydrogen-bond donors (Lipinski definition) is 0. The highest BCUT2D eigenvalue weighted by atomic mass is 19.3. The lowest BCUT2D eigenvalue weighted by atomic mass is 10.2. The van der Waals surface area contributed by atoms with Gasteiger partial charge in [0, 0.05) is 24.4 Å². The SMILES string of the molecule is COc1cc2ncnc(N3CCC(F)(F)C3)c2cc1OC. The van der Waals surface area contributed by atoms with Crippen LogP contribution in [0.3, 0.4) is 0 Å². The quantitative estimate of drug-likeness (QED) is 0.870. The van der Waals surface area contributed by atoms with Crippen LogP contribution in [0, 0.1) is 0 Å². The summed E-state index contributed by atoms with van der Waals surface area (Å²) in [5, 5.41) is 0.674. The summed E-state index contributed by atoms with van der Waals surface area (Å²) in [6.07, 6.45) is 1.21. The minimum atomic E-state index is -2.67. The molecule has 1 aromatic carbocycles. The Labute approximate surface area is 120 Å². The Morgan fingerprint density at radius 1 is 1.14 bits per heavy atom. The average molecular weight is 295 g/mol. The largest absolute Gasteiger partial charge is 0.493 e. The maximum atomic E-state index is 13.4. The van der Waals surface area contributed by atoms with E-state index in [4.69, 9.17) is 9.47 Å².